The molecule has 12 heteroatoms. The summed E-state index contributed by atoms with van der Waals surface area (Å²) in [6, 6.07) is 11.4. The van der Waals surface area contributed by atoms with Crippen LogP contribution >= 0.6 is 11.3 Å². The summed E-state index contributed by atoms with van der Waals surface area (Å²) in [5.74, 6) is -0.474. The Bertz CT molecular complexity index is 1970. The minimum absolute atomic E-state index is 0.136. The normalized spacial score (nSPS) is 16.2. The van der Waals surface area contributed by atoms with Gasteiger partial charge >= 0.3 is 5.91 Å². The minimum atomic E-state index is -1.10. The monoisotopic (exact) mass is 614 g/mol. The molecule has 5 aromatic rings. The summed E-state index contributed by atoms with van der Waals surface area (Å²) in [5, 5.41) is 12.1. The molecule has 44 heavy (non-hydrogen) atoms. The van der Waals surface area contributed by atoms with Gasteiger partial charge in [-0.25, -0.2) is 9.97 Å². The highest BCUT2D eigenvalue weighted by molar-refractivity contribution is 7.22. The van der Waals surface area contributed by atoms with Crippen molar-refractivity contribution in [3.63, 3.8) is 0 Å². The first-order valence-corrected chi connectivity index (χ1v) is 14.6. The van der Waals surface area contributed by atoms with Crippen molar-refractivity contribution in [2.75, 3.05) is 32.8 Å². The van der Waals surface area contributed by atoms with E-state index in [0.717, 1.165) is 10.3 Å². The van der Waals surface area contributed by atoms with E-state index in [1.54, 1.807) is 31.2 Å². The van der Waals surface area contributed by atoms with Gasteiger partial charge in [0.25, 0.3) is 5.78 Å². The number of methoxy groups -OCH3 is 3. The number of ether oxygens (including phenoxy) is 4. The highest BCUT2D eigenvalue weighted by Gasteiger charge is 2.49. The predicted octanol–water partition coefficient (Wildman–Crippen LogP) is 5.61. The number of nitrogens with zero attached hydrogens (tertiary/aromatic N) is 4. The van der Waals surface area contributed by atoms with Crippen molar-refractivity contribution < 1.29 is 33.6 Å². The number of pyridine rings is 1. The van der Waals surface area contributed by atoms with Crippen LogP contribution in [-0.4, -0.2) is 59.1 Å². The van der Waals surface area contributed by atoms with E-state index in [0.29, 0.717) is 52.0 Å². The van der Waals surface area contributed by atoms with Crippen LogP contribution in [0, 0.1) is 13.8 Å². The number of imidazole rings is 1. The third-order valence-corrected chi connectivity index (χ3v) is 8.64. The topological polar surface area (TPSA) is 125 Å². The van der Waals surface area contributed by atoms with Crippen molar-refractivity contribution in [3.05, 3.63) is 76.7 Å². The van der Waals surface area contributed by atoms with Crippen molar-refractivity contribution in [1.82, 2.24) is 14.4 Å². The Morgan fingerprint density at radius 3 is 2.36 bits per heavy atom. The van der Waals surface area contributed by atoms with Crippen LogP contribution < -0.4 is 23.8 Å². The molecule has 0 aliphatic carbocycles. The van der Waals surface area contributed by atoms with E-state index in [1.165, 1.54) is 37.6 Å². The lowest BCUT2D eigenvalue weighted by atomic mass is 9.95. The Labute approximate surface area is 256 Å². The van der Waals surface area contributed by atoms with Crippen LogP contribution in [0.15, 0.2) is 54.2 Å². The number of aromatic nitrogens is 3. The summed E-state index contributed by atoms with van der Waals surface area (Å²) in [5.41, 5.74) is 3.25. The molecule has 0 spiro atoms. The van der Waals surface area contributed by atoms with Crippen LogP contribution in [-0.2, 0) is 9.59 Å². The Balaban J connectivity index is 1.62. The Morgan fingerprint density at radius 1 is 1.00 bits per heavy atom. The summed E-state index contributed by atoms with van der Waals surface area (Å²) in [7, 11) is 4.44. The summed E-state index contributed by atoms with van der Waals surface area (Å²) in [6.07, 6.45) is 1.83. The number of ketones is 1. The summed E-state index contributed by atoms with van der Waals surface area (Å²) in [6.45, 7) is 6.09. The number of fused-ring (bicyclic) bond motifs is 2. The highest BCUT2D eigenvalue weighted by atomic mass is 32.1. The lowest BCUT2D eigenvalue weighted by Gasteiger charge is -2.24. The number of benzene rings is 2. The van der Waals surface area contributed by atoms with Crippen LogP contribution in [0.25, 0.3) is 21.6 Å². The maximum absolute atomic E-state index is 13.9. The van der Waals surface area contributed by atoms with Crippen molar-refractivity contribution in [2.45, 2.75) is 26.8 Å². The Morgan fingerprint density at radius 2 is 1.73 bits per heavy atom. The fourth-order valence-electron chi connectivity index (χ4n) is 5.53. The smallest absolute Gasteiger partial charge is 0.301 e. The largest absolute Gasteiger partial charge is 0.505 e. The third-order valence-electron chi connectivity index (χ3n) is 7.62. The summed E-state index contributed by atoms with van der Waals surface area (Å²) < 4.78 is 24.9. The average molecular weight is 615 g/mol. The number of hydrogen-bond donors (Lipinski definition) is 1. The van der Waals surface area contributed by atoms with Gasteiger partial charge in [0.2, 0.25) is 5.75 Å². The number of carbonyl (C=O) groups excluding carboxylic acids is 2. The first kappa shape index (κ1) is 29.0. The van der Waals surface area contributed by atoms with Crippen molar-refractivity contribution in [2.24, 2.45) is 0 Å². The van der Waals surface area contributed by atoms with Gasteiger partial charge in [-0.1, -0.05) is 17.4 Å². The number of thiazole rings is 1. The van der Waals surface area contributed by atoms with Crippen molar-refractivity contribution in [3.8, 4) is 23.0 Å². The maximum Gasteiger partial charge on any atom is 0.301 e. The zero-order valence-corrected chi connectivity index (χ0v) is 25.8. The number of carbonyl (C=O) groups is 2. The molecule has 226 valence electrons. The summed E-state index contributed by atoms with van der Waals surface area (Å²) >= 11 is 1.24. The summed E-state index contributed by atoms with van der Waals surface area (Å²) in [4.78, 5) is 38.5. The molecule has 0 radical (unpaired) electrons. The second kappa shape index (κ2) is 11.2. The lowest BCUT2D eigenvalue weighted by molar-refractivity contribution is -0.132. The van der Waals surface area contributed by atoms with Gasteiger partial charge < -0.3 is 28.5 Å². The molecule has 1 N–H and O–H groups in total. The SMILES string of the molecule is CCOc1ccc2nc(N3C(=O)C(=O)/C(=C(/O)c4nc5c(C)cccn5c4C)C3c3cc(OC)c(OC)c(OC)c3)sc2c1. The highest BCUT2D eigenvalue weighted by Crippen LogP contribution is 2.48. The fraction of sp³-hybridized carbons (Fsp3) is 0.250. The van der Waals surface area contributed by atoms with Crippen LogP contribution in [0.1, 0.15) is 35.5 Å². The number of aliphatic hydroxyl groups is 1. The first-order chi connectivity index (χ1) is 21.2. The second-order valence-electron chi connectivity index (χ2n) is 10.1. The molecule has 1 atom stereocenters. The molecular formula is C32H30N4O7S. The van der Waals surface area contributed by atoms with Crippen molar-refractivity contribution >= 4 is 49.8 Å². The second-order valence-corrected chi connectivity index (χ2v) is 11.1. The molecule has 0 saturated carbocycles. The first-order valence-electron chi connectivity index (χ1n) is 13.8. The van der Waals surface area contributed by atoms with E-state index in [9.17, 15) is 14.7 Å². The van der Waals surface area contributed by atoms with Gasteiger partial charge in [0.05, 0.1) is 55.5 Å². The maximum atomic E-state index is 13.9. The van der Waals surface area contributed by atoms with Crippen LogP contribution in [0.5, 0.6) is 23.0 Å². The van der Waals surface area contributed by atoms with Crippen LogP contribution in [0.3, 0.4) is 0 Å². The molecule has 6 rings (SSSR count). The predicted molar refractivity (Wildman–Crippen MR) is 166 cm³/mol. The van der Waals surface area contributed by atoms with E-state index < -0.39 is 23.5 Å². The van der Waals surface area contributed by atoms with E-state index in [4.69, 9.17) is 23.9 Å². The molecule has 1 amide bonds. The number of anilines is 1. The van der Waals surface area contributed by atoms with E-state index in [2.05, 4.69) is 4.98 Å². The Kier molecular flexibility index (Phi) is 7.38. The quantitative estimate of drug-likeness (QED) is 0.135. The average Bonchev–Trinajstić information content (AvgIpc) is 3.68. The standard InChI is InChI=1S/C32H30N4O7S/c1-7-43-19-10-11-20-23(15-19)44-32(33-20)36-26(18-13-21(40-4)29(42-6)22(14-18)41-5)24(28(38)31(36)39)27(37)25-17(3)35-12-8-9-16(2)30(35)34-25/h8-15,26,37H,7H2,1-6H3/b27-24+. The third kappa shape index (κ3) is 4.49. The van der Waals surface area contributed by atoms with Gasteiger partial charge in [-0.2, -0.15) is 0 Å². The number of hydrogen-bond acceptors (Lipinski definition) is 10. The lowest BCUT2D eigenvalue weighted by Crippen LogP contribution is -2.29. The molecule has 1 unspecified atom stereocenters. The minimum Gasteiger partial charge on any atom is -0.505 e. The molecule has 1 aliphatic heterocycles. The molecule has 1 fully saturated rings. The van der Waals surface area contributed by atoms with Crippen LogP contribution in [0.2, 0.25) is 0 Å². The zero-order chi connectivity index (χ0) is 31.3. The van der Waals surface area contributed by atoms with Gasteiger partial charge in [-0.05, 0) is 68.3 Å². The van der Waals surface area contributed by atoms with Gasteiger partial charge in [-0.15, -0.1) is 0 Å². The van der Waals surface area contributed by atoms with E-state index >= 15 is 0 Å². The molecule has 0 bridgehead atoms. The molecule has 11 nitrogen and oxygen atoms in total. The molecule has 1 saturated heterocycles. The molecule has 1 aliphatic rings. The van der Waals surface area contributed by atoms with Gasteiger partial charge in [-0.3, -0.25) is 14.5 Å². The van der Waals surface area contributed by atoms with Gasteiger partial charge in [0.15, 0.2) is 22.4 Å². The van der Waals surface area contributed by atoms with Crippen molar-refractivity contribution in [1.29, 1.82) is 0 Å². The molecule has 2 aromatic carbocycles. The number of aryl methyl sites for hydroxylation is 2. The number of rotatable bonds is 8. The van der Waals surface area contributed by atoms with E-state index in [-0.39, 0.29) is 16.4 Å². The number of aliphatic hydroxyl groups excluding tert-OH is 1. The van der Waals surface area contributed by atoms with Gasteiger partial charge in [0.1, 0.15) is 17.1 Å². The molecule has 4 heterocycles. The Hall–Kier alpha value is -5.10. The van der Waals surface area contributed by atoms with Gasteiger partial charge in [0, 0.05) is 6.20 Å². The zero-order valence-electron chi connectivity index (χ0n) is 25.0. The van der Waals surface area contributed by atoms with E-state index in [1.807, 2.05) is 42.6 Å². The fourth-order valence-corrected chi connectivity index (χ4v) is 6.55. The number of amides is 1. The molecule has 3 aromatic heterocycles. The molecular weight excluding hydrogens is 584 g/mol. The van der Waals surface area contributed by atoms with Crippen LogP contribution in [0.4, 0.5) is 5.13 Å². The number of Topliss-reactive ketones (excluding diaryl/α,β-unsaturated/α-hetero) is 1.